The Kier molecular flexibility index (Phi) is 6.87. The van der Waals surface area contributed by atoms with Crippen LogP contribution in [0.2, 0.25) is 0 Å². The lowest BCUT2D eigenvalue weighted by Gasteiger charge is -2.17. The lowest BCUT2D eigenvalue weighted by atomic mass is 10.1. The van der Waals surface area contributed by atoms with Gasteiger partial charge in [0.05, 0.1) is 12.5 Å². The number of hydrogen-bond donors (Lipinski definition) is 5. The van der Waals surface area contributed by atoms with Gasteiger partial charge in [-0.2, -0.15) is 13.1 Å². The molecule has 0 unspecified atom stereocenters. The monoisotopic (exact) mass is 502 g/mol. The van der Waals surface area contributed by atoms with Gasteiger partial charge in [-0.15, -0.1) is 6.42 Å². The summed E-state index contributed by atoms with van der Waals surface area (Å²) < 4.78 is 39.0. The number of nitrogens with zero attached hydrogens (tertiary/aromatic N) is 3. The molecule has 0 radical (unpaired) electrons. The molecule has 1 aromatic carbocycles. The molecule has 4 atom stereocenters. The zero-order valence-corrected chi connectivity index (χ0v) is 19.1. The van der Waals surface area contributed by atoms with Gasteiger partial charge in [0.15, 0.2) is 6.23 Å². The average Bonchev–Trinajstić information content (AvgIpc) is 3.39. The summed E-state index contributed by atoms with van der Waals surface area (Å²) >= 11 is 0. The third-order valence-corrected chi connectivity index (χ3v) is 6.27. The van der Waals surface area contributed by atoms with E-state index >= 15 is 0 Å². The van der Waals surface area contributed by atoms with Gasteiger partial charge < -0.3 is 29.6 Å². The zero-order valence-electron chi connectivity index (χ0n) is 18.3. The first kappa shape index (κ1) is 24.4. The summed E-state index contributed by atoms with van der Waals surface area (Å²) in [6, 6.07) is 8.92. The molecule has 3 heterocycles. The van der Waals surface area contributed by atoms with E-state index in [-0.39, 0.29) is 0 Å². The number of terminal acetylenes is 1. The van der Waals surface area contributed by atoms with Gasteiger partial charge in [0.25, 0.3) is 0 Å². The Morgan fingerprint density at radius 1 is 1.29 bits per heavy atom. The molecule has 184 valence electrons. The number of ether oxygens (including phenoxy) is 2. The molecule has 0 bridgehead atoms. The quantitative estimate of drug-likeness (QED) is 0.276. The number of aliphatic hydroxyl groups excluding tert-OH is 2. The van der Waals surface area contributed by atoms with Crippen LogP contribution in [0.4, 0.5) is 16.3 Å². The van der Waals surface area contributed by atoms with E-state index in [1.807, 2.05) is 6.07 Å². The third kappa shape index (κ3) is 5.19. The first-order valence-corrected chi connectivity index (χ1v) is 11.7. The van der Waals surface area contributed by atoms with E-state index in [0.717, 1.165) is 7.11 Å². The predicted octanol–water partition coefficient (Wildman–Crippen LogP) is -0.0342. The highest BCUT2D eigenvalue weighted by atomic mass is 32.2. The number of rotatable bonds is 7. The Morgan fingerprint density at radius 3 is 2.83 bits per heavy atom. The van der Waals surface area contributed by atoms with Gasteiger partial charge in [-0.05, 0) is 24.3 Å². The molecule has 1 saturated heterocycles. The molecule has 1 aliphatic heterocycles. The number of nitrogens with one attached hydrogen (secondary N) is 3. The Bertz CT molecular complexity index is 1390. The summed E-state index contributed by atoms with van der Waals surface area (Å²) in [5.74, 6) is 3.04. The molecule has 5 N–H and O–H groups in total. The van der Waals surface area contributed by atoms with E-state index in [1.54, 1.807) is 35.2 Å². The molecule has 13 nitrogen and oxygen atoms in total. The van der Waals surface area contributed by atoms with E-state index in [9.17, 15) is 23.4 Å². The number of anilines is 2. The van der Waals surface area contributed by atoms with Crippen molar-refractivity contribution in [3.05, 3.63) is 48.4 Å². The van der Waals surface area contributed by atoms with E-state index in [0.29, 0.717) is 28.1 Å². The molecular formula is C21H22N6O7S. The number of benzene rings is 1. The van der Waals surface area contributed by atoms with Gasteiger partial charge in [-0.25, -0.2) is 19.5 Å². The van der Waals surface area contributed by atoms with Crippen molar-refractivity contribution in [2.45, 2.75) is 24.5 Å². The minimum atomic E-state index is -4.26. The number of carbonyl (C=O) groups excluding carboxylic acids is 1. The topological polar surface area (TPSA) is 177 Å². The van der Waals surface area contributed by atoms with E-state index in [4.69, 9.17) is 11.2 Å². The van der Waals surface area contributed by atoms with Gasteiger partial charge in [0.1, 0.15) is 36.1 Å². The second kappa shape index (κ2) is 9.86. The van der Waals surface area contributed by atoms with Gasteiger partial charge in [0, 0.05) is 24.0 Å². The Hall–Kier alpha value is -3.74. The van der Waals surface area contributed by atoms with Crippen LogP contribution in [0.1, 0.15) is 11.8 Å². The van der Waals surface area contributed by atoms with Gasteiger partial charge in [-0.3, -0.25) is 0 Å². The van der Waals surface area contributed by atoms with E-state index < -0.39 is 47.4 Å². The first-order chi connectivity index (χ1) is 16.7. The lowest BCUT2D eigenvalue weighted by Crippen LogP contribution is -2.45. The van der Waals surface area contributed by atoms with Crippen molar-refractivity contribution >= 4 is 38.8 Å². The Morgan fingerprint density at radius 2 is 2.09 bits per heavy atom. The van der Waals surface area contributed by atoms with Crippen molar-refractivity contribution in [2.24, 2.45) is 0 Å². The van der Waals surface area contributed by atoms with Gasteiger partial charge in [0.2, 0.25) is 0 Å². The molecule has 14 heteroatoms. The molecule has 4 rings (SSSR count). The summed E-state index contributed by atoms with van der Waals surface area (Å²) in [7, 11) is -3.25. The van der Waals surface area contributed by atoms with Gasteiger partial charge >= 0.3 is 16.3 Å². The summed E-state index contributed by atoms with van der Waals surface area (Å²) in [6.07, 6.45) is 2.20. The van der Waals surface area contributed by atoms with Crippen LogP contribution in [0.5, 0.6) is 0 Å². The van der Waals surface area contributed by atoms with Crippen LogP contribution >= 0.6 is 0 Å². The lowest BCUT2D eigenvalue weighted by molar-refractivity contribution is -0.0327. The molecule has 1 amide bonds. The molecular weight excluding hydrogens is 480 g/mol. The predicted molar refractivity (Wildman–Crippen MR) is 124 cm³/mol. The first-order valence-electron chi connectivity index (χ1n) is 10.2. The summed E-state index contributed by atoms with van der Waals surface area (Å²) in [4.78, 5) is 19.7. The van der Waals surface area contributed by atoms with Crippen LogP contribution < -0.4 is 14.8 Å². The highest BCUT2D eigenvalue weighted by Crippen LogP contribution is 2.33. The second-order valence-corrected chi connectivity index (χ2v) is 9.02. The van der Waals surface area contributed by atoms with Crippen molar-refractivity contribution in [3.63, 3.8) is 0 Å². The van der Waals surface area contributed by atoms with E-state index in [1.165, 1.54) is 10.9 Å². The molecule has 0 aliphatic carbocycles. The minimum absolute atomic E-state index is 0.403. The number of methoxy groups -OCH3 is 1. The largest absolute Gasteiger partial charge is 0.452 e. The fraction of sp³-hybridized carbons (Fsp3) is 0.286. The third-order valence-electron chi connectivity index (χ3n) is 5.29. The standard InChI is InChI=1S/C21H22N6O7S/c1-3-12-5-4-6-13(9-12)25-18-14-7-8-27(19(14)23-11-22-18)20-17(29)16(28)15(34-20)10-24-35(31,32)26-21(30)33-2/h1,4-9,11,15-17,20,24,28-29H,10H2,2H3,(H,26,30)(H,22,23,25)/t15-,16-,17-,20-/m1/s1. The molecule has 2 aromatic heterocycles. The normalized spacial score (nSPS) is 22.0. The van der Waals surface area contributed by atoms with Crippen molar-refractivity contribution in [1.82, 2.24) is 24.0 Å². The second-order valence-electron chi connectivity index (χ2n) is 7.52. The SMILES string of the molecule is C#Cc1cccc(Nc2ncnc3c2ccn3[C@@H]2O[C@H](CNS(=O)(=O)NC(=O)OC)[C@@H](O)[C@H]2O)c1. The maximum absolute atomic E-state index is 11.9. The number of aliphatic hydroxyl groups is 2. The molecule has 3 aromatic rings. The number of fused-ring (bicyclic) bond motifs is 1. The van der Waals surface area contributed by atoms with Crippen LogP contribution in [-0.2, 0) is 19.7 Å². The fourth-order valence-corrected chi connectivity index (χ4v) is 4.36. The van der Waals surface area contributed by atoms with Crippen molar-refractivity contribution < 1.29 is 32.9 Å². The highest BCUT2D eigenvalue weighted by molar-refractivity contribution is 7.88. The molecule has 0 saturated carbocycles. The molecule has 0 spiro atoms. The van der Waals surface area contributed by atoms with Crippen LogP contribution in [0.3, 0.4) is 0 Å². The van der Waals surface area contributed by atoms with Crippen LogP contribution in [0.25, 0.3) is 11.0 Å². The van der Waals surface area contributed by atoms with Crippen molar-refractivity contribution in [1.29, 1.82) is 0 Å². The summed E-state index contributed by atoms with van der Waals surface area (Å²) in [6.45, 7) is -0.423. The van der Waals surface area contributed by atoms with Gasteiger partial charge in [-0.1, -0.05) is 12.0 Å². The summed E-state index contributed by atoms with van der Waals surface area (Å²) in [5.41, 5.74) is 1.81. The Labute approximate surface area is 200 Å². The maximum Gasteiger partial charge on any atom is 0.421 e. The van der Waals surface area contributed by atoms with E-state index in [2.05, 4.69) is 30.7 Å². The minimum Gasteiger partial charge on any atom is -0.452 e. The van der Waals surface area contributed by atoms with Crippen molar-refractivity contribution in [3.8, 4) is 12.3 Å². The number of aromatic nitrogens is 3. The zero-order chi connectivity index (χ0) is 25.2. The molecule has 35 heavy (non-hydrogen) atoms. The summed E-state index contributed by atoms with van der Waals surface area (Å²) in [5, 5.41) is 24.8. The smallest absolute Gasteiger partial charge is 0.421 e. The fourth-order valence-electron chi connectivity index (χ4n) is 3.61. The number of carbonyl (C=O) groups is 1. The van der Waals surface area contributed by atoms with Crippen LogP contribution in [0, 0.1) is 12.3 Å². The number of amides is 1. The number of hydrogen-bond acceptors (Lipinski definition) is 10. The molecule has 1 aliphatic rings. The van der Waals surface area contributed by atoms with Crippen molar-refractivity contribution in [2.75, 3.05) is 19.0 Å². The Balaban J connectivity index is 1.53. The maximum atomic E-state index is 11.9. The average molecular weight is 503 g/mol. The molecule has 1 fully saturated rings. The highest BCUT2D eigenvalue weighted by Gasteiger charge is 2.44. The van der Waals surface area contributed by atoms with Crippen LogP contribution in [0.15, 0.2) is 42.9 Å². The van der Waals surface area contributed by atoms with Crippen LogP contribution in [-0.4, -0.2) is 71.2 Å².